The maximum Gasteiger partial charge on any atom is 0.322 e. The molecule has 1 aliphatic rings. The van der Waals surface area contributed by atoms with Crippen LogP contribution in [0.4, 0.5) is 9.18 Å². The standard InChI is InChI=1S/C20H14FN3O4/c21-13-6-5-12-9-24(17(25)14(12)8-13)10-20(18(26)22-19(27)23-20)16-7-11-3-1-2-4-15(11)28-16/h1-9,25H,10H2,(H2,22,23,26,27). The molecule has 1 atom stereocenters. The molecule has 1 unspecified atom stereocenters. The number of halogens is 1. The fraction of sp³-hybridized carbons (Fsp3) is 0.100. The first kappa shape index (κ1) is 16.4. The van der Waals surface area contributed by atoms with E-state index < -0.39 is 23.3 Å². The number of urea groups is 1. The number of nitrogens with one attached hydrogen (secondary N) is 2. The number of para-hydroxylation sites is 1. The maximum atomic E-state index is 13.5. The third kappa shape index (κ3) is 2.27. The Hall–Kier alpha value is -3.81. The molecule has 5 rings (SSSR count). The van der Waals surface area contributed by atoms with E-state index in [1.165, 1.54) is 22.8 Å². The Balaban J connectivity index is 1.67. The zero-order chi connectivity index (χ0) is 19.5. The highest BCUT2D eigenvalue weighted by atomic mass is 19.1. The third-order valence-electron chi connectivity index (χ3n) is 5.02. The number of hydrogen-bond donors (Lipinski definition) is 3. The molecule has 28 heavy (non-hydrogen) atoms. The van der Waals surface area contributed by atoms with Crippen molar-refractivity contribution in [2.24, 2.45) is 0 Å². The minimum absolute atomic E-state index is 0.132. The van der Waals surface area contributed by atoms with Crippen molar-refractivity contribution < 1.29 is 23.5 Å². The summed E-state index contributed by atoms with van der Waals surface area (Å²) in [6.45, 7) is -0.132. The number of carbonyl (C=O) groups is 2. The summed E-state index contributed by atoms with van der Waals surface area (Å²) in [6, 6.07) is 12.3. The van der Waals surface area contributed by atoms with Gasteiger partial charge >= 0.3 is 6.03 Å². The molecule has 1 saturated heterocycles. The van der Waals surface area contributed by atoms with E-state index in [0.29, 0.717) is 16.4 Å². The zero-order valence-corrected chi connectivity index (χ0v) is 14.4. The molecule has 0 radical (unpaired) electrons. The fourth-order valence-corrected chi connectivity index (χ4v) is 3.64. The van der Waals surface area contributed by atoms with Gasteiger partial charge in [-0.1, -0.05) is 18.2 Å². The molecule has 7 nitrogen and oxygen atoms in total. The van der Waals surface area contributed by atoms with E-state index in [1.807, 2.05) is 12.1 Å². The summed E-state index contributed by atoms with van der Waals surface area (Å²) in [4.78, 5) is 24.7. The number of amides is 3. The summed E-state index contributed by atoms with van der Waals surface area (Å²) in [7, 11) is 0. The molecule has 1 fully saturated rings. The van der Waals surface area contributed by atoms with Crippen molar-refractivity contribution in [1.82, 2.24) is 15.2 Å². The van der Waals surface area contributed by atoms with Gasteiger partial charge < -0.3 is 19.4 Å². The number of imide groups is 1. The minimum atomic E-state index is -1.55. The van der Waals surface area contributed by atoms with Crippen LogP contribution in [0.3, 0.4) is 0 Å². The molecule has 2 aromatic carbocycles. The number of furan rings is 1. The second kappa shape index (κ2) is 5.59. The van der Waals surface area contributed by atoms with Gasteiger partial charge in [0, 0.05) is 22.4 Å². The summed E-state index contributed by atoms with van der Waals surface area (Å²) in [5.74, 6) is -1.06. The molecule has 140 valence electrons. The number of benzene rings is 2. The normalized spacial score (nSPS) is 19.3. The van der Waals surface area contributed by atoms with E-state index in [4.69, 9.17) is 4.42 Å². The van der Waals surface area contributed by atoms with Crippen LogP contribution < -0.4 is 10.6 Å². The molecule has 1 aliphatic heterocycles. The Morgan fingerprint density at radius 1 is 1.11 bits per heavy atom. The summed E-state index contributed by atoms with van der Waals surface area (Å²) < 4.78 is 20.8. The average Bonchev–Trinajstić information content (AvgIpc) is 3.31. The molecule has 0 aliphatic carbocycles. The lowest BCUT2D eigenvalue weighted by Crippen LogP contribution is -2.47. The van der Waals surface area contributed by atoms with Gasteiger partial charge in [-0.25, -0.2) is 9.18 Å². The highest BCUT2D eigenvalue weighted by Gasteiger charge is 2.51. The predicted octanol–water partition coefficient (Wildman–Crippen LogP) is 2.97. The number of aromatic nitrogens is 1. The number of fused-ring (bicyclic) bond motifs is 2. The topological polar surface area (TPSA) is 96.5 Å². The monoisotopic (exact) mass is 379 g/mol. The number of aromatic hydroxyl groups is 1. The van der Waals surface area contributed by atoms with Crippen LogP contribution in [0.2, 0.25) is 0 Å². The lowest BCUT2D eigenvalue weighted by atomic mass is 9.96. The molecule has 3 amide bonds. The van der Waals surface area contributed by atoms with Gasteiger partial charge in [-0.2, -0.15) is 0 Å². The van der Waals surface area contributed by atoms with Crippen molar-refractivity contribution in [3.8, 4) is 5.88 Å². The first-order valence-electron chi connectivity index (χ1n) is 8.56. The highest BCUT2D eigenvalue weighted by Crippen LogP contribution is 2.35. The predicted molar refractivity (Wildman–Crippen MR) is 98.1 cm³/mol. The Morgan fingerprint density at radius 2 is 1.93 bits per heavy atom. The van der Waals surface area contributed by atoms with Crippen molar-refractivity contribution in [3.63, 3.8) is 0 Å². The first-order chi connectivity index (χ1) is 13.5. The van der Waals surface area contributed by atoms with E-state index in [9.17, 15) is 19.1 Å². The summed E-state index contributed by atoms with van der Waals surface area (Å²) in [5, 5.41) is 17.1. The number of carbonyl (C=O) groups excluding carboxylic acids is 2. The van der Waals surface area contributed by atoms with Gasteiger partial charge in [0.1, 0.15) is 17.2 Å². The van der Waals surface area contributed by atoms with Crippen LogP contribution in [0.1, 0.15) is 5.76 Å². The Bertz CT molecular complexity index is 1240. The molecular weight excluding hydrogens is 365 g/mol. The number of hydrogen-bond acceptors (Lipinski definition) is 4. The van der Waals surface area contributed by atoms with Gasteiger partial charge in [0.2, 0.25) is 0 Å². The summed E-state index contributed by atoms with van der Waals surface area (Å²) in [5.41, 5.74) is -0.990. The molecule has 3 N–H and O–H groups in total. The number of rotatable bonds is 3. The highest BCUT2D eigenvalue weighted by molar-refractivity contribution is 6.07. The Kier molecular flexibility index (Phi) is 3.27. The van der Waals surface area contributed by atoms with Gasteiger partial charge in [-0.3, -0.25) is 10.1 Å². The van der Waals surface area contributed by atoms with Gasteiger partial charge in [0.15, 0.2) is 11.4 Å². The molecular formula is C20H14FN3O4. The van der Waals surface area contributed by atoms with Crippen LogP contribution in [0.5, 0.6) is 5.88 Å². The van der Waals surface area contributed by atoms with Gasteiger partial charge in [0.25, 0.3) is 5.91 Å². The molecule has 0 bridgehead atoms. The van der Waals surface area contributed by atoms with Crippen LogP contribution in [-0.2, 0) is 16.9 Å². The second-order valence-electron chi connectivity index (χ2n) is 6.77. The quantitative estimate of drug-likeness (QED) is 0.477. The fourth-order valence-electron chi connectivity index (χ4n) is 3.64. The van der Waals surface area contributed by atoms with Crippen LogP contribution >= 0.6 is 0 Å². The second-order valence-corrected chi connectivity index (χ2v) is 6.77. The third-order valence-corrected chi connectivity index (χ3v) is 5.02. The number of nitrogens with zero attached hydrogens (tertiary/aromatic N) is 1. The smallest absolute Gasteiger partial charge is 0.322 e. The van der Waals surface area contributed by atoms with Gasteiger partial charge in [-0.15, -0.1) is 0 Å². The Morgan fingerprint density at radius 3 is 2.68 bits per heavy atom. The van der Waals surface area contributed by atoms with Crippen molar-refractivity contribution in [2.75, 3.05) is 0 Å². The van der Waals surface area contributed by atoms with Gasteiger partial charge in [0.05, 0.1) is 6.54 Å². The first-order valence-corrected chi connectivity index (χ1v) is 8.56. The van der Waals surface area contributed by atoms with E-state index in [-0.39, 0.29) is 18.2 Å². The van der Waals surface area contributed by atoms with Crippen LogP contribution in [-0.4, -0.2) is 21.6 Å². The van der Waals surface area contributed by atoms with E-state index >= 15 is 0 Å². The van der Waals surface area contributed by atoms with E-state index in [1.54, 1.807) is 24.4 Å². The summed E-state index contributed by atoms with van der Waals surface area (Å²) in [6.07, 6.45) is 1.59. The van der Waals surface area contributed by atoms with Crippen molar-refractivity contribution in [3.05, 3.63) is 66.3 Å². The molecule has 3 heterocycles. The Labute approximate surface area is 157 Å². The van der Waals surface area contributed by atoms with Crippen LogP contribution in [0.25, 0.3) is 21.7 Å². The molecule has 0 spiro atoms. The van der Waals surface area contributed by atoms with Crippen LogP contribution in [0.15, 0.2) is 59.1 Å². The van der Waals surface area contributed by atoms with E-state index in [2.05, 4.69) is 10.6 Å². The lowest BCUT2D eigenvalue weighted by molar-refractivity contribution is -0.125. The van der Waals surface area contributed by atoms with Crippen molar-refractivity contribution in [2.45, 2.75) is 12.1 Å². The zero-order valence-electron chi connectivity index (χ0n) is 14.4. The van der Waals surface area contributed by atoms with Crippen LogP contribution in [0, 0.1) is 5.82 Å². The van der Waals surface area contributed by atoms with Crippen molar-refractivity contribution in [1.29, 1.82) is 0 Å². The average molecular weight is 379 g/mol. The van der Waals surface area contributed by atoms with Gasteiger partial charge in [-0.05, 0) is 30.3 Å². The molecule has 8 heteroatoms. The molecule has 4 aromatic rings. The van der Waals surface area contributed by atoms with E-state index in [0.717, 1.165) is 5.39 Å². The molecule has 2 aromatic heterocycles. The largest absolute Gasteiger partial charge is 0.494 e. The SMILES string of the molecule is O=C1NC(=O)C(Cn2cc3ccc(F)cc3c2O)(c2cc3ccccc3o2)N1. The van der Waals surface area contributed by atoms with Crippen molar-refractivity contribution >= 4 is 33.7 Å². The summed E-state index contributed by atoms with van der Waals surface area (Å²) >= 11 is 0. The molecule has 0 saturated carbocycles. The lowest BCUT2D eigenvalue weighted by Gasteiger charge is -2.24. The minimum Gasteiger partial charge on any atom is -0.494 e. The maximum absolute atomic E-state index is 13.5.